The van der Waals surface area contributed by atoms with E-state index in [-0.39, 0.29) is 0 Å². The van der Waals surface area contributed by atoms with Gasteiger partial charge >= 0.3 is 0 Å². The fourth-order valence-corrected chi connectivity index (χ4v) is 3.37. The van der Waals surface area contributed by atoms with Gasteiger partial charge in [0.1, 0.15) is 12.4 Å². The molecule has 0 bridgehead atoms. The van der Waals surface area contributed by atoms with Crippen molar-refractivity contribution in [1.82, 2.24) is 0 Å². The van der Waals surface area contributed by atoms with Crippen molar-refractivity contribution in [3.8, 4) is 11.8 Å². The molecule has 29 heavy (non-hydrogen) atoms. The highest BCUT2D eigenvalue weighted by Gasteiger charge is 2.07. The van der Waals surface area contributed by atoms with Crippen LogP contribution in [0.1, 0.15) is 22.3 Å². The van der Waals surface area contributed by atoms with Crippen molar-refractivity contribution in [2.75, 3.05) is 0 Å². The molecule has 140 valence electrons. The van der Waals surface area contributed by atoms with Gasteiger partial charge in [0.15, 0.2) is 0 Å². The standard InChI is InChI=1S/C27H21NO/c1-20-13-15-21(16-14-20)25(18-28)17-23-8-3-5-12-27(23)29-19-24-10-6-9-22-7-2-4-11-26(22)24/h2-17H,19H2,1H3/b25-17+. The third-order valence-electron chi connectivity index (χ3n) is 4.96. The summed E-state index contributed by atoms with van der Waals surface area (Å²) >= 11 is 0. The maximum absolute atomic E-state index is 9.67. The van der Waals surface area contributed by atoms with Crippen LogP contribution < -0.4 is 4.74 Å². The van der Waals surface area contributed by atoms with Crippen molar-refractivity contribution < 1.29 is 4.74 Å². The van der Waals surface area contributed by atoms with E-state index in [4.69, 9.17) is 4.74 Å². The molecule has 4 aromatic carbocycles. The van der Waals surface area contributed by atoms with Crippen molar-refractivity contribution in [2.45, 2.75) is 13.5 Å². The zero-order valence-corrected chi connectivity index (χ0v) is 16.3. The molecule has 0 fully saturated rings. The summed E-state index contributed by atoms with van der Waals surface area (Å²) in [4.78, 5) is 0. The molecule has 0 aliphatic rings. The van der Waals surface area contributed by atoms with Crippen LogP contribution >= 0.6 is 0 Å². The molecule has 0 saturated carbocycles. The van der Waals surface area contributed by atoms with Crippen molar-refractivity contribution >= 4 is 22.4 Å². The van der Waals surface area contributed by atoms with E-state index < -0.39 is 0 Å². The molecule has 0 aliphatic heterocycles. The van der Waals surface area contributed by atoms with E-state index in [0.717, 1.165) is 22.4 Å². The summed E-state index contributed by atoms with van der Waals surface area (Å²) in [5.74, 6) is 0.764. The minimum atomic E-state index is 0.471. The lowest BCUT2D eigenvalue weighted by atomic mass is 10.0. The molecule has 0 unspecified atom stereocenters. The number of hydrogen-bond donors (Lipinski definition) is 0. The molecule has 0 amide bonds. The molecule has 2 nitrogen and oxygen atoms in total. The van der Waals surface area contributed by atoms with Crippen LogP contribution in [0.4, 0.5) is 0 Å². The topological polar surface area (TPSA) is 33.0 Å². The van der Waals surface area contributed by atoms with E-state index in [1.807, 2.05) is 73.7 Å². The summed E-state index contributed by atoms with van der Waals surface area (Å²) in [5.41, 5.74) is 4.73. The zero-order valence-electron chi connectivity index (χ0n) is 16.3. The Balaban J connectivity index is 1.63. The Morgan fingerprint density at radius 2 is 1.59 bits per heavy atom. The number of rotatable bonds is 5. The predicted octanol–water partition coefficient (Wildman–Crippen LogP) is 6.79. The van der Waals surface area contributed by atoms with Gasteiger partial charge in [-0.15, -0.1) is 0 Å². The zero-order chi connectivity index (χ0) is 20.1. The van der Waals surface area contributed by atoms with Crippen LogP contribution in [-0.2, 0) is 6.61 Å². The number of fused-ring (bicyclic) bond motifs is 1. The molecule has 0 aliphatic carbocycles. The number of nitrogens with zero attached hydrogens (tertiary/aromatic N) is 1. The molecular formula is C27H21NO. The van der Waals surface area contributed by atoms with E-state index in [0.29, 0.717) is 12.2 Å². The number of nitriles is 1. The second-order valence-electron chi connectivity index (χ2n) is 7.00. The molecule has 4 rings (SSSR count). The van der Waals surface area contributed by atoms with Crippen LogP contribution in [0.25, 0.3) is 22.4 Å². The third kappa shape index (κ3) is 4.20. The van der Waals surface area contributed by atoms with Gasteiger partial charge in [-0.25, -0.2) is 0 Å². The summed E-state index contributed by atoms with van der Waals surface area (Å²) in [6, 6.07) is 32.7. The second kappa shape index (κ2) is 8.46. The van der Waals surface area contributed by atoms with Crippen LogP contribution in [0.3, 0.4) is 0 Å². The van der Waals surface area contributed by atoms with Gasteiger partial charge in [0.05, 0.1) is 11.6 Å². The normalized spacial score (nSPS) is 11.2. The fourth-order valence-electron chi connectivity index (χ4n) is 3.37. The average Bonchev–Trinajstić information content (AvgIpc) is 2.77. The van der Waals surface area contributed by atoms with Gasteiger partial charge in [-0.05, 0) is 41.0 Å². The number of para-hydroxylation sites is 1. The Bertz CT molecular complexity index is 1210. The summed E-state index contributed by atoms with van der Waals surface area (Å²) in [6.07, 6.45) is 1.89. The van der Waals surface area contributed by atoms with Crippen LogP contribution in [0.15, 0.2) is 91.0 Å². The maximum atomic E-state index is 9.67. The summed E-state index contributed by atoms with van der Waals surface area (Å²) in [5, 5.41) is 12.1. The molecule has 0 spiro atoms. The second-order valence-corrected chi connectivity index (χ2v) is 7.00. The lowest BCUT2D eigenvalue weighted by molar-refractivity contribution is 0.307. The smallest absolute Gasteiger partial charge is 0.127 e. The van der Waals surface area contributed by atoms with Crippen LogP contribution in [0.2, 0.25) is 0 Å². The third-order valence-corrected chi connectivity index (χ3v) is 4.96. The highest BCUT2D eigenvalue weighted by atomic mass is 16.5. The largest absolute Gasteiger partial charge is 0.488 e. The Morgan fingerprint density at radius 1 is 0.862 bits per heavy atom. The monoisotopic (exact) mass is 375 g/mol. The number of benzene rings is 4. The summed E-state index contributed by atoms with van der Waals surface area (Å²) in [6.45, 7) is 2.51. The first-order valence-corrected chi connectivity index (χ1v) is 9.62. The van der Waals surface area contributed by atoms with Gasteiger partial charge in [-0.1, -0.05) is 90.5 Å². The Labute approximate surface area is 171 Å². The van der Waals surface area contributed by atoms with Gasteiger partial charge in [-0.3, -0.25) is 0 Å². The lowest BCUT2D eigenvalue weighted by Gasteiger charge is -2.12. The van der Waals surface area contributed by atoms with Crippen molar-refractivity contribution in [1.29, 1.82) is 5.26 Å². The summed E-state index contributed by atoms with van der Waals surface area (Å²) in [7, 11) is 0. The maximum Gasteiger partial charge on any atom is 0.127 e. The molecule has 0 atom stereocenters. The fraction of sp³-hybridized carbons (Fsp3) is 0.0741. The highest BCUT2D eigenvalue weighted by Crippen LogP contribution is 2.27. The Morgan fingerprint density at radius 3 is 2.41 bits per heavy atom. The first kappa shape index (κ1) is 18.5. The molecule has 0 radical (unpaired) electrons. The van der Waals surface area contributed by atoms with Crippen molar-refractivity contribution in [3.05, 3.63) is 113 Å². The average molecular weight is 375 g/mol. The molecular weight excluding hydrogens is 354 g/mol. The van der Waals surface area contributed by atoms with Crippen molar-refractivity contribution in [3.63, 3.8) is 0 Å². The first-order valence-electron chi connectivity index (χ1n) is 9.62. The quantitative estimate of drug-likeness (QED) is 0.284. The van der Waals surface area contributed by atoms with E-state index >= 15 is 0 Å². The first-order chi connectivity index (χ1) is 14.2. The van der Waals surface area contributed by atoms with Crippen LogP contribution in [0.5, 0.6) is 5.75 Å². The molecule has 4 aromatic rings. The number of ether oxygens (including phenoxy) is 1. The summed E-state index contributed by atoms with van der Waals surface area (Å²) < 4.78 is 6.18. The van der Waals surface area contributed by atoms with Gasteiger partial charge in [0.25, 0.3) is 0 Å². The minimum absolute atomic E-state index is 0.471. The SMILES string of the molecule is Cc1ccc(/C(C#N)=C/c2ccccc2OCc2cccc3ccccc23)cc1. The number of allylic oxidation sites excluding steroid dienone is 1. The minimum Gasteiger partial charge on any atom is -0.488 e. The van der Waals surface area contributed by atoms with Gasteiger partial charge in [0.2, 0.25) is 0 Å². The van der Waals surface area contributed by atoms with Crippen LogP contribution in [0, 0.1) is 18.3 Å². The van der Waals surface area contributed by atoms with E-state index in [1.54, 1.807) is 0 Å². The van der Waals surface area contributed by atoms with Crippen LogP contribution in [-0.4, -0.2) is 0 Å². The Hall–Kier alpha value is -3.83. The lowest BCUT2D eigenvalue weighted by Crippen LogP contribution is -1.98. The molecule has 2 heteroatoms. The highest BCUT2D eigenvalue weighted by molar-refractivity contribution is 5.90. The Kier molecular flexibility index (Phi) is 5.40. The molecule has 0 heterocycles. The predicted molar refractivity (Wildman–Crippen MR) is 119 cm³/mol. The van der Waals surface area contributed by atoms with E-state index in [1.165, 1.54) is 16.3 Å². The van der Waals surface area contributed by atoms with Gasteiger partial charge in [-0.2, -0.15) is 5.26 Å². The van der Waals surface area contributed by atoms with E-state index in [9.17, 15) is 5.26 Å². The molecule has 0 aromatic heterocycles. The number of hydrogen-bond acceptors (Lipinski definition) is 2. The van der Waals surface area contributed by atoms with Gasteiger partial charge in [0, 0.05) is 5.56 Å². The van der Waals surface area contributed by atoms with Crippen molar-refractivity contribution in [2.24, 2.45) is 0 Å². The van der Waals surface area contributed by atoms with E-state index in [2.05, 4.69) is 36.4 Å². The van der Waals surface area contributed by atoms with Gasteiger partial charge < -0.3 is 4.74 Å². The molecule has 0 N–H and O–H groups in total. The number of aryl methyl sites for hydroxylation is 1. The molecule has 0 saturated heterocycles.